The van der Waals surface area contributed by atoms with Crippen molar-refractivity contribution in [2.45, 2.75) is 19.4 Å². The molecule has 5 nitrogen and oxygen atoms in total. The Hall–Kier alpha value is -2.66. The Labute approximate surface area is 142 Å². The molecule has 126 valence electrons. The van der Waals surface area contributed by atoms with Crippen LogP contribution in [0.3, 0.4) is 0 Å². The maximum absolute atomic E-state index is 11.9. The van der Waals surface area contributed by atoms with Crippen LogP contribution in [0.1, 0.15) is 28.8 Å². The van der Waals surface area contributed by atoms with Gasteiger partial charge in [0.05, 0.1) is 6.61 Å². The fourth-order valence-electron chi connectivity index (χ4n) is 2.17. The van der Waals surface area contributed by atoms with Gasteiger partial charge in [0.2, 0.25) is 5.91 Å². The molecule has 0 saturated heterocycles. The number of nitrogens with one attached hydrogen (secondary N) is 2. The fraction of sp³-hybridized carbons (Fsp3) is 0.263. The highest BCUT2D eigenvalue weighted by Crippen LogP contribution is 2.10. The van der Waals surface area contributed by atoms with Crippen molar-refractivity contribution in [1.29, 1.82) is 0 Å². The summed E-state index contributed by atoms with van der Waals surface area (Å²) in [6.45, 7) is 1.10. The van der Waals surface area contributed by atoms with Gasteiger partial charge in [-0.3, -0.25) is 9.59 Å². The topological polar surface area (TPSA) is 67.4 Å². The van der Waals surface area contributed by atoms with Crippen LogP contribution < -0.4 is 10.6 Å². The average Bonchev–Trinajstić information content (AvgIpc) is 2.62. The first-order valence-electron chi connectivity index (χ1n) is 7.92. The third-order valence-corrected chi connectivity index (χ3v) is 3.46. The van der Waals surface area contributed by atoms with Crippen molar-refractivity contribution in [3.05, 3.63) is 65.7 Å². The molecule has 24 heavy (non-hydrogen) atoms. The Balaban J connectivity index is 1.65. The van der Waals surface area contributed by atoms with E-state index in [0.717, 1.165) is 5.56 Å². The lowest BCUT2D eigenvalue weighted by Gasteiger charge is -2.07. The van der Waals surface area contributed by atoms with Gasteiger partial charge in [0.15, 0.2) is 0 Å². The zero-order valence-electron chi connectivity index (χ0n) is 13.7. The van der Waals surface area contributed by atoms with Gasteiger partial charge in [-0.25, -0.2) is 0 Å². The van der Waals surface area contributed by atoms with Crippen LogP contribution in [0.25, 0.3) is 0 Å². The van der Waals surface area contributed by atoms with E-state index >= 15 is 0 Å². The van der Waals surface area contributed by atoms with E-state index < -0.39 is 0 Å². The monoisotopic (exact) mass is 326 g/mol. The van der Waals surface area contributed by atoms with E-state index in [1.807, 2.05) is 30.3 Å². The van der Waals surface area contributed by atoms with E-state index in [0.29, 0.717) is 37.3 Å². The van der Waals surface area contributed by atoms with Gasteiger partial charge in [0.25, 0.3) is 5.91 Å². The maximum Gasteiger partial charge on any atom is 0.251 e. The lowest BCUT2D eigenvalue weighted by molar-refractivity contribution is -0.116. The molecule has 0 radical (unpaired) electrons. The number of ether oxygens (including phenoxy) is 1. The van der Waals surface area contributed by atoms with Crippen LogP contribution in [0.4, 0.5) is 5.69 Å². The Bertz CT molecular complexity index is 654. The van der Waals surface area contributed by atoms with Gasteiger partial charge in [0.1, 0.15) is 0 Å². The average molecular weight is 326 g/mol. The molecule has 0 aliphatic heterocycles. The molecule has 0 aliphatic carbocycles. The molecule has 0 atom stereocenters. The number of hydrogen-bond acceptors (Lipinski definition) is 3. The van der Waals surface area contributed by atoms with E-state index in [2.05, 4.69) is 10.6 Å². The second-order valence-corrected chi connectivity index (χ2v) is 5.35. The SMILES string of the molecule is CNC(=O)c1ccc(NC(=O)CCCOCc2ccccc2)cc1. The summed E-state index contributed by atoms with van der Waals surface area (Å²) in [6, 6.07) is 16.7. The molecule has 0 heterocycles. The minimum Gasteiger partial charge on any atom is -0.377 e. The van der Waals surface area contributed by atoms with E-state index in [-0.39, 0.29) is 11.8 Å². The van der Waals surface area contributed by atoms with Crippen LogP contribution >= 0.6 is 0 Å². The number of benzene rings is 2. The van der Waals surface area contributed by atoms with Crippen molar-refractivity contribution in [2.24, 2.45) is 0 Å². The molecular weight excluding hydrogens is 304 g/mol. The Kier molecular flexibility index (Phi) is 6.98. The number of amides is 2. The van der Waals surface area contributed by atoms with Crippen molar-refractivity contribution in [2.75, 3.05) is 19.0 Å². The molecule has 0 aromatic heterocycles. The normalized spacial score (nSPS) is 10.2. The van der Waals surface area contributed by atoms with E-state index in [1.165, 1.54) is 0 Å². The van der Waals surface area contributed by atoms with Crippen LogP contribution in [0, 0.1) is 0 Å². The lowest BCUT2D eigenvalue weighted by Crippen LogP contribution is -2.17. The van der Waals surface area contributed by atoms with Gasteiger partial charge in [-0.2, -0.15) is 0 Å². The van der Waals surface area contributed by atoms with E-state index in [9.17, 15) is 9.59 Å². The highest BCUT2D eigenvalue weighted by atomic mass is 16.5. The van der Waals surface area contributed by atoms with Gasteiger partial charge in [-0.15, -0.1) is 0 Å². The van der Waals surface area contributed by atoms with Crippen LogP contribution in [0.15, 0.2) is 54.6 Å². The third kappa shape index (κ3) is 5.85. The van der Waals surface area contributed by atoms with Crippen LogP contribution in [0.5, 0.6) is 0 Å². The highest BCUT2D eigenvalue weighted by Gasteiger charge is 2.05. The molecule has 2 rings (SSSR count). The molecule has 0 bridgehead atoms. The van der Waals surface area contributed by atoms with Crippen molar-refractivity contribution >= 4 is 17.5 Å². The van der Waals surface area contributed by atoms with Gasteiger partial charge in [-0.1, -0.05) is 30.3 Å². The van der Waals surface area contributed by atoms with Crippen molar-refractivity contribution in [3.8, 4) is 0 Å². The maximum atomic E-state index is 11.9. The van der Waals surface area contributed by atoms with Gasteiger partial charge >= 0.3 is 0 Å². The van der Waals surface area contributed by atoms with Gasteiger partial charge < -0.3 is 15.4 Å². The first kappa shape index (κ1) is 17.7. The molecule has 0 saturated carbocycles. The van der Waals surface area contributed by atoms with E-state index in [4.69, 9.17) is 4.74 Å². The second kappa shape index (κ2) is 9.47. The van der Waals surface area contributed by atoms with E-state index in [1.54, 1.807) is 31.3 Å². The van der Waals surface area contributed by atoms with Gasteiger partial charge in [0, 0.05) is 31.3 Å². The Morgan fingerprint density at radius 1 is 1.00 bits per heavy atom. The zero-order valence-corrected chi connectivity index (χ0v) is 13.7. The lowest BCUT2D eigenvalue weighted by atomic mass is 10.2. The Morgan fingerprint density at radius 2 is 1.71 bits per heavy atom. The number of carbonyl (C=O) groups excluding carboxylic acids is 2. The van der Waals surface area contributed by atoms with Crippen molar-refractivity contribution in [1.82, 2.24) is 5.32 Å². The molecule has 0 spiro atoms. The summed E-state index contributed by atoms with van der Waals surface area (Å²) < 4.78 is 5.55. The van der Waals surface area contributed by atoms with Gasteiger partial charge in [-0.05, 0) is 36.2 Å². The smallest absolute Gasteiger partial charge is 0.251 e. The van der Waals surface area contributed by atoms with Crippen molar-refractivity contribution in [3.63, 3.8) is 0 Å². The van der Waals surface area contributed by atoms with Crippen LogP contribution in [0.2, 0.25) is 0 Å². The fourth-order valence-corrected chi connectivity index (χ4v) is 2.17. The summed E-state index contributed by atoms with van der Waals surface area (Å²) in [4.78, 5) is 23.3. The minimum absolute atomic E-state index is 0.0639. The standard InChI is InChI=1S/C19H22N2O3/c1-20-19(23)16-9-11-17(12-10-16)21-18(22)8-5-13-24-14-15-6-3-2-4-7-15/h2-4,6-7,9-12H,5,8,13-14H2,1H3,(H,20,23)(H,21,22). The first-order chi connectivity index (χ1) is 11.7. The molecule has 0 aliphatic rings. The molecule has 0 unspecified atom stereocenters. The van der Waals surface area contributed by atoms with Crippen LogP contribution in [-0.2, 0) is 16.1 Å². The minimum atomic E-state index is -0.150. The molecule has 2 aromatic rings. The summed E-state index contributed by atoms with van der Waals surface area (Å²) in [7, 11) is 1.58. The zero-order chi connectivity index (χ0) is 17.2. The molecule has 2 aromatic carbocycles. The molecule has 2 N–H and O–H groups in total. The summed E-state index contributed by atoms with van der Waals surface area (Å²) in [5.74, 6) is -0.213. The molecule has 2 amide bonds. The Morgan fingerprint density at radius 3 is 2.38 bits per heavy atom. The predicted octanol–water partition coefficient (Wildman–Crippen LogP) is 2.98. The summed E-state index contributed by atoms with van der Waals surface area (Å²) >= 11 is 0. The predicted molar refractivity (Wildman–Crippen MR) is 93.8 cm³/mol. The summed E-state index contributed by atoms with van der Waals surface area (Å²) in [6.07, 6.45) is 1.06. The quantitative estimate of drug-likeness (QED) is 0.733. The summed E-state index contributed by atoms with van der Waals surface area (Å²) in [5, 5.41) is 5.36. The number of anilines is 1. The molecule has 0 fully saturated rings. The second-order valence-electron chi connectivity index (χ2n) is 5.35. The third-order valence-electron chi connectivity index (χ3n) is 3.46. The largest absolute Gasteiger partial charge is 0.377 e. The number of rotatable bonds is 8. The molecule has 5 heteroatoms. The number of hydrogen-bond donors (Lipinski definition) is 2. The highest BCUT2D eigenvalue weighted by molar-refractivity contribution is 5.95. The molecular formula is C19H22N2O3. The summed E-state index contributed by atoms with van der Waals surface area (Å²) in [5.41, 5.74) is 2.36. The van der Waals surface area contributed by atoms with Crippen LogP contribution in [-0.4, -0.2) is 25.5 Å². The number of carbonyl (C=O) groups is 2. The first-order valence-corrected chi connectivity index (χ1v) is 7.92. The van der Waals surface area contributed by atoms with Crippen molar-refractivity contribution < 1.29 is 14.3 Å².